The zero-order valence-electron chi connectivity index (χ0n) is 22.3. The van der Waals surface area contributed by atoms with Crippen molar-refractivity contribution in [3.8, 4) is 28.9 Å². The zero-order chi connectivity index (χ0) is 28.3. The molecule has 0 N–H and O–H groups in total. The first-order chi connectivity index (χ1) is 20.0. The lowest BCUT2D eigenvalue weighted by molar-refractivity contribution is -0.671. The quantitative estimate of drug-likeness (QED) is 0.256. The first-order valence-corrected chi connectivity index (χ1v) is 13.3. The van der Waals surface area contributed by atoms with Gasteiger partial charge in [-0.3, -0.25) is 0 Å². The predicted octanol–water partition coefficient (Wildman–Crippen LogP) is 3.92. The van der Waals surface area contributed by atoms with Crippen LogP contribution >= 0.6 is 11.8 Å². The number of aromatic nitrogens is 5. The fourth-order valence-corrected chi connectivity index (χ4v) is 5.09. The highest BCUT2D eigenvalue weighted by atomic mass is 32.2. The highest BCUT2D eigenvalue weighted by molar-refractivity contribution is 8.08. The largest absolute Gasteiger partial charge is 0.539 e. The summed E-state index contributed by atoms with van der Waals surface area (Å²) in [6, 6.07) is 22.5. The number of nitrogens with zero attached hydrogens (tertiary/aromatic N) is 6. The predicted molar refractivity (Wildman–Crippen MR) is 148 cm³/mol. The molecule has 1 aliphatic rings. The molecule has 0 saturated carbocycles. The summed E-state index contributed by atoms with van der Waals surface area (Å²) in [5, 5.41) is 31.1. The molecule has 3 aromatic carbocycles. The molecular weight excluding hydrogens is 544 g/mol. The molecule has 41 heavy (non-hydrogen) atoms. The second-order valence-corrected chi connectivity index (χ2v) is 9.94. The van der Waals surface area contributed by atoms with Crippen molar-refractivity contribution >= 4 is 22.4 Å². The van der Waals surface area contributed by atoms with E-state index >= 15 is 0 Å². The molecule has 6 rings (SSSR count). The molecule has 11 nitrogen and oxygen atoms in total. The van der Waals surface area contributed by atoms with E-state index in [-0.39, 0.29) is 12.3 Å². The van der Waals surface area contributed by atoms with E-state index in [1.54, 1.807) is 25.0 Å². The first-order valence-electron chi connectivity index (χ1n) is 12.5. The Morgan fingerprint density at radius 2 is 1.68 bits per heavy atom. The van der Waals surface area contributed by atoms with Crippen LogP contribution < -0.4 is 24.0 Å². The third kappa shape index (κ3) is 5.24. The minimum atomic E-state index is -0.636. The van der Waals surface area contributed by atoms with E-state index in [1.807, 2.05) is 79.7 Å². The lowest BCUT2D eigenvalue weighted by Crippen LogP contribution is -2.39. The average molecular weight is 569 g/mol. The van der Waals surface area contributed by atoms with Gasteiger partial charge in [0.1, 0.15) is 12.4 Å². The lowest BCUT2D eigenvalue weighted by Gasteiger charge is -2.10. The van der Waals surface area contributed by atoms with Crippen LogP contribution in [0.15, 0.2) is 93.7 Å². The molecule has 0 aliphatic carbocycles. The van der Waals surface area contributed by atoms with Crippen molar-refractivity contribution in [2.24, 2.45) is 5.10 Å². The Bertz CT molecular complexity index is 1760. The van der Waals surface area contributed by atoms with Gasteiger partial charge in [0, 0.05) is 17.0 Å². The molecule has 206 valence electrons. The summed E-state index contributed by atoms with van der Waals surface area (Å²) in [4.78, 5) is 0.783. The van der Waals surface area contributed by atoms with Crippen LogP contribution in [0, 0.1) is 6.92 Å². The van der Waals surface area contributed by atoms with Crippen LogP contribution in [-0.4, -0.2) is 40.1 Å². The normalized spacial score (nSPS) is 12.7. The second-order valence-electron chi connectivity index (χ2n) is 8.93. The molecule has 0 unspecified atom stereocenters. The van der Waals surface area contributed by atoms with E-state index in [1.165, 1.54) is 16.4 Å². The van der Waals surface area contributed by atoms with E-state index in [2.05, 4.69) is 15.5 Å². The number of aryl methyl sites for hydroxylation is 1. The molecule has 0 atom stereocenters. The van der Waals surface area contributed by atoms with Crippen LogP contribution in [0.4, 0.5) is 0 Å². The van der Waals surface area contributed by atoms with Gasteiger partial charge in [-0.2, -0.15) is 9.78 Å². The van der Waals surface area contributed by atoms with Gasteiger partial charge in [0.25, 0.3) is 5.69 Å². The van der Waals surface area contributed by atoms with Crippen LogP contribution in [-0.2, 0) is 6.61 Å². The molecule has 2 aromatic heterocycles. The number of fused-ring (bicyclic) bond motifs is 1. The highest BCUT2D eigenvalue weighted by Crippen LogP contribution is 2.37. The maximum Gasteiger partial charge on any atom is 0.290 e. The smallest absolute Gasteiger partial charge is 0.290 e. The van der Waals surface area contributed by atoms with Crippen molar-refractivity contribution in [2.75, 3.05) is 14.2 Å². The van der Waals surface area contributed by atoms with Gasteiger partial charge in [-0.05, 0) is 59.3 Å². The van der Waals surface area contributed by atoms with Crippen LogP contribution in [0.25, 0.3) is 10.6 Å². The third-order valence-electron chi connectivity index (χ3n) is 6.29. The number of para-hydroxylation sites is 2. The monoisotopic (exact) mass is 568 g/mol. The van der Waals surface area contributed by atoms with Crippen molar-refractivity contribution in [1.29, 1.82) is 0 Å². The first kappa shape index (κ1) is 26.1. The SMILES string of the molecule is COc1ccc(C2=CC(c3c([O-])on[n+]3-c3ccc(C)cc3)=Nn3c(COc4ccccc4OC)nnc3S2)cc1. The number of hydrogen-bond donors (Lipinski definition) is 0. The Morgan fingerprint density at radius 3 is 2.41 bits per heavy atom. The number of allylic oxidation sites excluding steroid dienone is 1. The Hall–Kier alpha value is -5.10. The van der Waals surface area contributed by atoms with E-state index in [0.717, 1.165) is 21.8 Å². The van der Waals surface area contributed by atoms with Crippen molar-refractivity contribution in [3.05, 3.63) is 102 Å². The molecule has 3 heterocycles. The summed E-state index contributed by atoms with van der Waals surface area (Å²) in [5.41, 5.74) is 3.06. The lowest BCUT2D eigenvalue weighted by atomic mass is 10.1. The Morgan fingerprint density at radius 1 is 0.927 bits per heavy atom. The maximum absolute atomic E-state index is 13.1. The molecule has 0 fully saturated rings. The summed E-state index contributed by atoms with van der Waals surface area (Å²) >= 11 is 1.36. The number of thioether (sulfide) groups is 1. The zero-order valence-corrected chi connectivity index (χ0v) is 23.2. The summed E-state index contributed by atoms with van der Waals surface area (Å²) < 4.78 is 24.9. The van der Waals surface area contributed by atoms with Crippen molar-refractivity contribution < 1.29 is 28.5 Å². The minimum Gasteiger partial charge on any atom is -0.539 e. The fourth-order valence-electron chi connectivity index (χ4n) is 4.16. The Balaban J connectivity index is 1.45. The second kappa shape index (κ2) is 11.2. The molecule has 1 aliphatic heterocycles. The number of hydrogen-bond acceptors (Lipinski definition) is 10. The van der Waals surface area contributed by atoms with E-state index in [0.29, 0.717) is 33.9 Å². The Labute approximate surface area is 239 Å². The van der Waals surface area contributed by atoms with Gasteiger partial charge < -0.3 is 23.8 Å². The van der Waals surface area contributed by atoms with E-state index in [9.17, 15) is 5.11 Å². The van der Waals surface area contributed by atoms with Gasteiger partial charge in [-0.15, -0.1) is 10.2 Å². The molecule has 12 heteroatoms. The van der Waals surface area contributed by atoms with Crippen LogP contribution in [0.1, 0.15) is 22.6 Å². The van der Waals surface area contributed by atoms with Crippen molar-refractivity contribution in [3.63, 3.8) is 0 Å². The van der Waals surface area contributed by atoms with Crippen LogP contribution in [0.2, 0.25) is 0 Å². The number of methoxy groups -OCH3 is 2. The van der Waals surface area contributed by atoms with Crippen molar-refractivity contribution in [1.82, 2.24) is 20.1 Å². The topological polar surface area (TPSA) is 124 Å². The molecule has 5 aromatic rings. The third-order valence-corrected chi connectivity index (χ3v) is 7.30. The molecular formula is C29H24N6O5S. The van der Waals surface area contributed by atoms with Gasteiger partial charge in [-0.25, -0.2) is 0 Å². The summed E-state index contributed by atoms with van der Waals surface area (Å²) in [6.07, 6.45) is 1.81. The molecule has 0 spiro atoms. The van der Waals surface area contributed by atoms with Crippen molar-refractivity contribution in [2.45, 2.75) is 18.7 Å². The fraction of sp³-hybridized carbons (Fsp3) is 0.138. The summed E-state index contributed by atoms with van der Waals surface area (Å²) in [6.45, 7) is 2.03. The molecule has 0 radical (unpaired) electrons. The van der Waals surface area contributed by atoms with Gasteiger partial charge in [0.15, 0.2) is 29.0 Å². The number of rotatable bonds is 8. The van der Waals surface area contributed by atoms with Gasteiger partial charge in [0.05, 0.1) is 19.5 Å². The highest BCUT2D eigenvalue weighted by Gasteiger charge is 2.29. The molecule has 0 amide bonds. The van der Waals surface area contributed by atoms with E-state index < -0.39 is 5.95 Å². The number of ether oxygens (including phenoxy) is 3. The van der Waals surface area contributed by atoms with Gasteiger partial charge in [-0.1, -0.05) is 42.0 Å². The summed E-state index contributed by atoms with van der Waals surface area (Å²) in [7, 11) is 3.19. The van der Waals surface area contributed by atoms with Crippen LogP contribution in [0.3, 0.4) is 0 Å². The molecule has 0 saturated heterocycles. The standard InChI is InChI=1S/C29H24N6O5S/c1-18-8-12-20(13-9-18)34-27(28(36)40-33-34)22-16-25(19-10-14-21(37-2)15-11-19)41-29-31-30-26(35(29)32-22)17-39-24-7-5-4-6-23(24)38-3/h4-16H,17H2,1-3H3. The van der Waals surface area contributed by atoms with Gasteiger partial charge >= 0.3 is 0 Å². The Kier molecular flexibility index (Phi) is 7.13. The maximum atomic E-state index is 13.1. The van der Waals surface area contributed by atoms with Crippen LogP contribution in [0.5, 0.6) is 23.2 Å². The van der Waals surface area contributed by atoms with Gasteiger partial charge in [0.2, 0.25) is 10.8 Å². The molecule has 0 bridgehead atoms. The number of benzene rings is 3. The minimum absolute atomic E-state index is 0.0500. The average Bonchev–Trinajstić information content (AvgIpc) is 3.52. The summed E-state index contributed by atoms with van der Waals surface area (Å²) in [5.74, 6) is 1.64. The van der Waals surface area contributed by atoms with E-state index in [4.69, 9.17) is 23.8 Å².